The molecule has 1 N–H and O–H groups in total. The first kappa shape index (κ1) is 17.6. The Bertz CT molecular complexity index is 801. The number of benzene rings is 2. The van der Waals surface area contributed by atoms with Crippen molar-refractivity contribution in [3.63, 3.8) is 0 Å². The standard InChI is InChI=1S/C16H10ClF3N2O2/c17-13-5-4-11(16(18,19)20)7-14(13)22-15(23)9-24-12-3-1-2-10(6-12)8-21/h1-7H,9H2,(H,22,23). The molecule has 0 aliphatic heterocycles. The largest absolute Gasteiger partial charge is 0.484 e. The number of ether oxygens (including phenoxy) is 1. The van der Waals surface area contributed by atoms with Gasteiger partial charge in [-0.1, -0.05) is 17.7 Å². The van der Waals surface area contributed by atoms with E-state index in [9.17, 15) is 18.0 Å². The zero-order chi connectivity index (χ0) is 17.7. The Kier molecular flexibility index (Phi) is 5.31. The van der Waals surface area contributed by atoms with Gasteiger partial charge in [-0.05, 0) is 36.4 Å². The summed E-state index contributed by atoms with van der Waals surface area (Å²) >= 11 is 5.79. The maximum absolute atomic E-state index is 12.7. The van der Waals surface area contributed by atoms with Gasteiger partial charge in [-0.2, -0.15) is 18.4 Å². The first-order valence-corrected chi connectivity index (χ1v) is 6.97. The molecule has 0 spiro atoms. The van der Waals surface area contributed by atoms with Crippen LogP contribution >= 0.6 is 11.6 Å². The van der Waals surface area contributed by atoms with Crippen LogP contribution in [0.2, 0.25) is 5.02 Å². The minimum absolute atomic E-state index is 0.0252. The highest BCUT2D eigenvalue weighted by molar-refractivity contribution is 6.33. The van der Waals surface area contributed by atoms with Gasteiger partial charge in [-0.15, -0.1) is 0 Å². The number of hydrogen-bond donors (Lipinski definition) is 1. The summed E-state index contributed by atoms with van der Waals surface area (Å²) in [6.07, 6.45) is -4.54. The summed E-state index contributed by atoms with van der Waals surface area (Å²) in [6, 6.07) is 10.7. The molecule has 0 saturated heterocycles. The number of hydrogen-bond acceptors (Lipinski definition) is 3. The Balaban J connectivity index is 2.03. The molecule has 24 heavy (non-hydrogen) atoms. The zero-order valence-corrected chi connectivity index (χ0v) is 12.8. The number of rotatable bonds is 4. The minimum Gasteiger partial charge on any atom is -0.484 e. The summed E-state index contributed by atoms with van der Waals surface area (Å²) in [6.45, 7) is -0.443. The van der Waals surface area contributed by atoms with E-state index in [0.29, 0.717) is 11.3 Å². The van der Waals surface area contributed by atoms with Crippen LogP contribution in [0.4, 0.5) is 18.9 Å². The second kappa shape index (κ2) is 7.23. The fourth-order valence-electron chi connectivity index (χ4n) is 1.79. The number of anilines is 1. The van der Waals surface area contributed by atoms with E-state index in [0.717, 1.165) is 18.2 Å². The Morgan fingerprint density at radius 3 is 2.67 bits per heavy atom. The van der Waals surface area contributed by atoms with Gasteiger partial charge in [0.2, 0.25) is 0 Å². The summed E-state index contributed by atoms with van der Waals surface area (Å²) in [5, 5.41) is 11.0. The van der Waals surface area contributed by atoms with Gasteiger partial charge in [0.05, 0.1) is 27.9 Å². The van der Waals surface area contributed by atoms with Crippen LogP contribution < -0.4 is 10.1 Å². The Labute approximate surface area is 140 Å². The van der Waals surface area contributed by atoms with Gasteiger partial charge >= 0.3 is 6.18 Å². The topological polar surface area (TPSA) is 62.1 Å². The van der Waals surface area contributed by atoms with E-state index in [2.05, 4.69) is 5.32 Å². The highest BCUT2D eigenvalue weighted by Gasteiger charge is 2.31. The molecule has 0 saturated carbocycles. The van der Waals surface area contributed by atoms with E-state index in [1.54, 1.807) is 18.2 Å². The molecule has 0 aromatic heterocycles. The number of nitriles is 1. The maximum atomic E-state index is 12.7. The lowest BCUT2D eigenvalue weighted by molar-refractivity contribution is -0.137. The molecule has 0 radical (unpaired) electrons. The predicted molar refractivity (Wildman–Crippen MR) is 81.7 cm³/mol. The highest BCUT2D eigenvalue weighted by Crippen LogP contribution is 2.33. The predicted octanol–water partition coefficient (Wildman–Crippen LogP) is 4.25. The molecular weight excluding hydrogens is 345 g/mol. The van der Waals surface area contributed by atoms with Crippen LogP contribution in [0.15, 0.2) is 42.5 Å². The van der Waals surface area contributed by atoms with Gasteiger partial charge in [0.25, 0.3) is 5.91 Å². The number of amides is 1. The highest BCUT2D eigenvalue weighted by atomic mass is 35.5. The molecule has 0 heterocycles. The Morgan fingerprint density at radius 2 is 2.00 bits per heavy atom. The van der Waals surface area contributed by atoms with E-state index in [1.807, 2.05) is 6.07 Å². The maximum Gasteiger partial charge on any atom is 0.416 e. The zero-order valence-electron chi connectivity index (χ0n) is 12.0. The lowest BCUT2D eigenvalue weighted by Gasteiger charge is -2.12. The van der Waals surface area contributed by atoms with Crippen molar-refractivity contribution in [1.82, 2.24) is 0 Å². The van der Waals surface area contributed by atoms with E-state index in [-0.39, 0.29) is 10.7 Å². The summed E-state index contributed by atoms with van der Waals surface area (Å²) in [7, 11) is 0. The van der Waals surface area contributed by atoms with Gasteiger partial charge in [-0.3, -0.25) is 4.79 Å². The molecule has 2 rings (SSSR count). The normalized spacial score (nSPS) is 10.8. The average Bonchev–Trinajstić information content (AvgIpc) is 2.54. The van der Waals surface area contributed by atoms with Crippen LogP contribution in [0.5, 0.6) is 5.75 Å². The van der Waals surface area contributed by atoms with E-state index in [4.69, 9.17) is 21.6 Å². The number of halogens is 4. The number of alkyl halides is 3. The van der Waals surface area contributed by atoms with Crippen molar-refractivity contribution < 1.29 is 22.7 Å². The molecule has 0 fully saturated rings. The van der Waals surface area contributed by atoms with Gasteiger partial charge in [-0.25, -0.2) is 0 Å². The lowest BCUT2D eigenvalue weighted by Crippen LogP contribution is -2.20. The van der Waals surface area contributed by atoms with Crippen LogP contribution in [0.25, 0.3) is 0 Å². The van der Waals surface area contributed by atoms with E-state index >= 15 is 0 Å². The van der Waals surface area contributed by atoms with Crippen LogP contribution in [-0.4, -0.2) is 12.5 Å². The summed E-state index contributed by atoms with van der Waals surface area (Å²) in [4.78, 5) is 11.8. The molecule has 2 aromatic carbocycles. The SMILES string of the molecule is N#Cc1cccc(OCC(=O)Nc2cc(C(F)(F)F)ccc2Cl)c1. The number of carbonyl (C=O) groups is 1. The van der Waals surface area contributed by atoms with E-state index < -0.39 is 24.3 Å². The fraction of sp³-hybridized carbons (Fsp3) is 0.125. The van der Waals surface area contributed by atoms with Gasteiger partial charge in [0.1, 0.15) is 5.75 Å². The third kappa shape index (κ3) is 4.64. The second-order valence-electron chi connectivity index (χ2n) is 4.67. The molecule has 124 valence electrons. The van der Waals surface area contributed by atoms with Crippen molar-refractivity contribution >= 4 is 23.2 Å². The Hall–Kier alpha value is -2.72. The number of carbonyl (C=O) groups excluding carboxylic acids is 1. The summed E-state index contributed by atoms with van der Waals surface area (Å²) in [5.41, 5.74) is -0.732. The van der Waals surface area contributed by atoms with Crippen molar-refractivity contribution in [3.8, 4) is 11.8 Å². The fourth-order valence-corrected chi connectivity index (χ4v) is 1.95. The monoisotopic (exact) mass is 354 g/mol. The molecule has 0 atom stereocenters. The van der Waals surface area contributed by atoms with Crippen molar-refractivity contribution in [3.05, 3.63) is 58.6 Å². The molecule has 0 bridgehead atoms. The van der Waals surface area contributed by atoms with Crippen LogP contribution in [-0.2, 0) is 11.0 Å². The molecule has 0 aliphatic carbocycles. The lowest BCUT2D eigenvalue weighted by atomic mass is 10.2. The average molecular weight is 355 g/mol. The first-order valence-electron chi connectivity index (χ1n) is 6.59. The van der Waals surface area contributed by atoms with Crippen molar-refractivity contribution in [2.24, 2.45) is 0 Å². The quantitative estimate of drug-likeness (QED) is 0.892. The van der Waals surface area contributed by atoms with Gasteiger partial charge < -0.3 is 10.1 Å². The minimum atomic E-state index is -4.54. The summed E-state index contributed by atoms with van der Waals surface area (Å²) in [5.74, 6) is -0.391. The molecule has 8 heteroatoms. The molecule has 0 aliphatic rings. The van der Waals surface area contributed by atoms with Gasteiger partial charge in [0, 0.05) is 0 Å². The van der Waals surface area contributed by atoms with Crippen LogP contribution in [0.3, 0.4) is 0 Å². The third-order valence-electron chi connectivity index (χ3n) is 2.90. The van der Waals surface area contributed by atoms with Crippen molar-refractivity contribution in [1.29, 1.82) is 5.26 Å². The van der Waals surface area contributed by atoms with Crippen LogP contribution in [0, 0.1) is 11.3 Å². The molecule has 0 unspecified atom stereocenters. The number of nitrogens with one attached hydrogen (secondary N) is 1. The van der Waals surface area contributed by atoms with Crippen molar-refractivity contribution in [2.45, 2.75) is 6.18 Å². The third-order valence-corrected chi connectivity index (χ3v) is 3.23. The number of nitrogens with zero attached hydrogens (tertiary/aromatic N) is 1. The van der Waals surface area contributed by atoms with Crippen molar-refractivity contribution in [2.75, 3.05) is 11.9 Å². The smallest absolute Gasteiger partial charge is 0.416 e. The molecule has 1 amide bonds. The van der Waals surface area contributed by atoms with Gasteiger partial charge in [0.15, 0.2) is 6.61 Å². The molecule has 2 aromatic rings. The van der Waals surface area contributed by atoms with Crippen LogP contribution in [0.1, 0.15) is 11.1 Å². The summed E-state index contributed by atoms with van der Waals surface area (Å²) < 4.78 is 43.2. The molecule has 4 nitrogen and oxygen atoms in total. The van der Waals surface area contributed by atoms with E-state index in [1.165, 1.54) is 6.07 Å². The second-order valence-corrected chi connectivity index (χ2v) is 5.08. The first-order chi connectivity index (χ1) is 11.3. The molecular formula is C16H10ClF3N2O2. The Morgan fingerprint density at radius 1 is 1.25 bits per heavy atom.